The minimum absolute atomic E-state index is 0.0746. The molecule has 2 aliphatic heterocycles. The topological polar surface area (TPSA) is 95.9 Å². The van der Waals surface area contributed by atoms with Crippen molar-refractivity contribution < 1.29 is 24.2 Å². The lowest BCUT2D eigenvalue weighted by molar-refractivity contribution is -0.171. The first kappa shape index (κ1) is 23.4. The van der Waals surface area contributed by atoms with E-state index in [1.807, 2.05) is 38.1 Å². The molecule has 2 aliphatic carbocycles. The number of alkyl carbamates (subject to hydrolysis) is 1. The second-order valence-corrected chi connectivity index (χ2v) is 10.4. The summed E-state index contributed by atoms with van der Waals surface area (Å²) in [5.41, 5.74) is 3.36. The van der Waals surface area contributed by atoms with Crippen LogP contribution in [0.5, 0.6) is 0 Å². The predicted molar refractivity (Wildman–Crippen MR) is 131 cm³/mol. The summed E-state index contributed by atoms with van der Waals surface area (Å²) in [4.78, 5) is 40.2. The van der Waals surface area contributed by atoms with Crippen molar-refractivity contribution in [2.75, 3.05) is 13.2 Å². The van der Waals surface area contributed by atoms with Crippen LogP contribution >= 0.6 is 0 Å². The third-order valence-corrected chi connectivity index (χ3v) is 8.10. The lowest BCUT2D eigenvalue weighted by Gasteiger charge is -2.52. The Morgan fingerprint density at radius 1 is 1.03 bits per heavy atom. The molecule has 4 aliphatic rings. The second-order valence-electron chi connectivity index (χ2n) is 10.4. The van der Waals surface area contributed by atoms with Gasteiger partial charge in [-0.1, -0.05) is 62.4 Å². The van der Waals surface area contributed by atoms with Crippen molar-refractivity contribution in [2.45, 2.75) is 57.0 Å². The zero-order valence-corrected chi connectivity index (χ0v) is 20.2. The molecule has 3 fully saturated rings. The highest BCUT2D eigenvalue weighted by Gasteiger charge is 2.54. The maximum absolute atomic E-state index is 13.6. The fourth-order valence-electron chi connectivity index (χ4n) is 6.12. The van der Waals surface area contributed by atoms with E-state index in [9.17, 15) is 19.5 Å². The fraction of sp³-hybridized carbons (Fsp3) is 0.464. The number of fused-ring (bicyclic) bond motifs is 6. The number of ether oxygens (including phenoxy) is 1. The minimum atomic E-state index is -1.16. The van der Waals surface area contributed by atoms with Gasteiger partial charge in [-0.2, -0.15) is 0 Å². The van der Waals surface area contributed by atoms with Crippen LogP contribution in [-0.4, -0.2) is 52.7 Å². The molecule has 2 saturated heterocycles. The Morgan fingerprint density at radius 2 is 1.60 bits per heavy atom. The number of benzene rings is 2. The molecule has 2 N–H and O–H groups in total. The molecular weight excluding hydrogens is 444 g/mol. The monoisotopic (exact) mass is 476 g/mol. The average molecular weight is 477 g/mol. The van der Waals surface area contributed by atoms with Gasteiger partial charge >= 0.3 is 12.1 Å². The largest absolute Gasteiger partial charge is 0.479 e. The van der Waals surface area contributed by atoms with Gasteiger partial charge in [-0.05, 0) is 59.8 Å². The van der Waals surface area contributed by atoms with Crippen molar-refractivity contribution in [1.82, 2.24) is 10.2 Å². The van der Waals surface area contributed by atoms with Crippen LogP contribution in [0.1, 0.15) is 56.6 Å². The number of carboxylic acid groups (broad SMARTS) is 1. The lowest BCUT2D eigenvalue weighted by atomic mass is 9.70. The molecule has 2 bridgehead atoms. The summed E-state index contributed by atoms with van der Waals surface area (Å²) in [6, 6.07) is 15.4. The predicted octanol–water partition coefficient (Wildman–Crippen LogP) is 4.41. The Bertz CT molecular complexity index is 1110. The van der Waals surface area contributed by atoms with Gasteiger partial charge in [0.1, 0.15) is 18.2 Å². The van der Waals surface area contributed by atoms with Crippen molar-refractivity contribution in [3.63, 3.8) is 0 Å². The van der Waals surface area contributed by atoms with Crippen LogP contribution in [0.25, 0.3) is 11.1 Å². The van der Waals surface area contributed by atoms with Crippen LogP contribution in [0.2, 0.25) is 0 Å². The zero-order chi connectivity index (χ0) is 24.7. The molecule has 2 aromatic rings. The summed E-state index contributed by atoms with van der Waals surface area (Å²) in [6.07, 6.45) is 1.92. The average Bonchev–Trinajstić information content (AvgIpc) is 3.19. The highest BCUT2D eigenvalue weighted by atomic mass is 16.5. The highest BCUT2D eigenvalue weighted by molar-refractivity contribution is 5.92. The number of hydrogen-bond donors (Lipinski definition) is 2. The molecule has 0 radical (unpaired) electrons. The summed E-state index contributed by atoms with van der Waals surface area (Å²) in [5, 5.41) is 12.8. The summed E-state index contributed by atoms with van der Waals surface area (Å²) >= 11 is 0. The van der Waals surface area contributed by atoms with E-state index in [2.05, 4.69) is 29.6 Å². The molecule has 35 heavy (non-hydrogen) atoms. The van der Waals surface area contributed by atoms with Crippen LogP contribution in [0.3, 0.4) is 0 Å². The zero-order valence-electron chi connectivity index (χ0n) is 20.2. The van der Waals surface area contributed by atoms with Gasteiger partial charge in [-0.15, -0.1) is 0 Å². The summed E-state index contributed by atoms with van der Waals surface area (Å²) in [5.74, 6) is -1.25. The van der Waals surface area contributed by atoms with Crippen molar-refractivity contribution >= 4 is 18.0 Å². The van der Waals surface area contributed by atoms with Crippen LogP contribution in [-0.2, 0) is 14.3 Å². The molecular formula is C28H32N2O5. The Hall–Kier alpha value is -3.35. The molecule has 1 saturated carbocycles. The first-order chi connectivity index (χ1) is 16.8. The molecule has 0 spiro atoms. The van der Waals surface area contributed by atoms with E-state index in [0.717, 1.165) is 35.1 Å². The van der Waals surface area contributed by atoms with E-state index >= 15 is 0 Å². The minimum Gasteiger partial charge on any atom is -0.479 e. The second kappa shape index (κ2) is 9.02. The maximum atomic E-state index is 13.6. The fourth-order valence-corrected chi connectivity index (χ4v) is 6.12. The Morgan fingerprint density at radius 3 is 2.14 bits per heavy atom. The highest BCUT2D eigenvalue weighted by Crippen LogP contribution is 2.45. The van der Waals surface area contributed by atoms with Gasteiger partial charge in [-0.25, -0.2) is 9.59 Å². The first-order valence-electron chi connectivity index (χ1n) is 12.5. The van der Waals surface area contributed by atoms with Crippen molar-refractivity contribution in [2.24, 2.45) is 11.8 Å². The van der Waals surface area contributed by atoms with E-state index in [-0.39, 0.29) is 24.3 Å². The number of piperidine rings is 2. The van der Waals surface area contributed by atoms with Gasteiger partial charge in [0.2, 0.25) is 5.91 Å². The first-order valence-corrected chi connectivity index (χ1v) is 12.5. The number of aliphatic carboxylic acids is 1. The Balaban J connectivity index is 1.29. The van der Waals surface area contributed by atoms with Crippen LogP contribution in [0.4, 0.5) is 4.79 Å². The molecule has 184 valence electrons. The number of rotatable bonds is 6. The molecule has 2 aromatic carbocycles. The molecule has 0 aromatic heterocycles. The number of carboxylic acids is 1. The summed E-state index contributed by atoms with van der Waals surface area (Å²) in [6.45, 7) is 4.29. The molecule has 1 atom stereocenters. The third-order valence-electron chi connectivity index (χ3n) is 8.10. The van der Waals surface area contributed by atoms with Crippen LogP contribution < -0.4 is 5.32 Å². The standard InChI is InChI=1S/C28H32N2O5/c1-17(2)24(25(31)30-15-18-11-13-28(30,14-12-18)26(32)33)29-27(34)35-16-23-21-9-5-3-7-19(21)20-8-4-6-10-22(20)23/h3-10,17-18,23-24H,11-16H2,1-2H3,(H,29,34)(H,32,33). The van der Waals surface area contributed by atoms with Gasteiger partial charge in [0, 0.05) is 12.5 Å². The van der Waals surface area contributed by atoms with E-state index in [0.29, 0.717) is 25.3 Å². The van der Waals surface area contributed by atoms with Crippen molar-refractivity contribution in [1.29, 1.82) is 0 Å². The van der Waals surface area contributed by atoms with Gasteiger partial charge in [0.15, 0.2) is 0 Å². The number of nitrogens with zero attached hydrogens (tertiary/aromatic N) is 1. The van der Waals surface area contributed by atoms with Gasteiger partial charge in [-0.3, -0.25) is 4.79 Å². The third kappa shape index (κ3) is 3.97. The molecule has 6 rings (SSSR count). The SMILES string of the molecule is CC(C)C(NC(=O)OCC1c2ccccc2-c2ccccc21)C(=O)N1CC2CCC1(C(=O)O)CC2. The van der Waals surface area contributed by atoms with E-state index in [4.69, 9.17) is 4.74 Å². The normalized spacial score (nSPS) is 23.5. The number of nitrogens with one attached hydrogen (secondary N) is 1. The van der Waals surface area contributed by atoms with Crippen LogP contribution in [0.15, 0.2) is 48.5 Å². The number of carbonyl (C=O) groups excluding carboxylic acids is 2. The van der Waals surface area contributed by atoms with Crippen molar-refractivity contribution in [3.05, 3.63) is 59.7 Å². The van der Waals surface area contributed by atoms with E-state index in [1.165, 1.54) is 4.90 Å². The summed E-state index contributed by atoms with van der Waals surface area (Å²) in [7, 11) is 0. The number of hydrogen-bond acceptors (Lipinski definition) is 4. The molecule has 1 unspecified atom stereocenters. The maximum Gasteiger partial charge on any atom is 0.407 e. The lowest BCUT2D eigenvalue weighted by Crippen LogP contribution is -2.67. The Labute approximate surface area is 205 Å². The Kier molecular flexibility index (Phi) is 6.03. The van der Waals surface area contributed by atoms with Crippen LogP contribution in [0, 0.1) is 11.8 Å². The molecule has 7 nitrogen and oxygen atoms in total. The van der Waals surface area contributed by atoms with Gasteiger partial charge in [0.05, 0.1) is 0 Å². The molecule has 7 heteroatoms. The van der Waals surface area contributed by atoms with Gasteiger partial charge < -0.3 is 20.1 Å². The smallest absolute Gasteiger partial charge is 0.407 e. The number of carbonyl (C=O) groups is 3. The molecule has 2 heterocycles. The van der Waals surface area contributed by atoms with Gasteiger partial charge in [0.25, 0.3) is 0 Å². The summed E-state index contributed by atoms with van der Waals surface area (Å²) < 4.78 is 5.66. The van der Waals surface area contributed by atoms with Crippen molar-refractivity contribution in [3.8, 4) is 11.1 Å². The van der Waals surface area contributed by atoms with E-state index in [1.54, 1.807) is 0 Å². The quantitative estimate of drug-likeness (QED) is 0.644. The molecule has 2 amide bonds. The van der Waals surface area contributed by atoms with E-state index < -0.39 is 23.6 Å². The number of amides is 2.